The third kappa shape index (κ3) is 4.17. The van der Waals surface area contributed by atoms with Crippen LogP contribution in [-0.2, 0) is 28.4 Å². The number of phosphoric acid groups is 1. The molecule has 0 spiro atoms. The fourth-order valence-corrected chi connectivity index (χ4v) is 8.29. The molecule has 5 heteroatoms. The largest absolute Gasteiger partial charge is 0.527 e. The lowest BCUT2D eigenvalue weighted by atomic mass is 9.66. The van der Waals surface area contributed by atoms with E-state index in [1.165, 1.54) is 22.3 Å². The van der Waals surface area contributed by atoms with Crippen molar-refractivity contribution >= 4 is 7.82 Å². The highest BCUT2D eigenvalue weighted by Gasteiger charge is 2.49. The predicted octanol–water partition coefficient (Wildman–Crippen LogP) is 8.20. The van der Waals surface area contributed by atoms with Gasteiger partial charge in [-0.2, -0.15) is 0 Å². The molecule has 1 aliphatic heterocycles. The van der Waals surface area contributed by atoms with E-state index >= 15 is 0 Å². The van der Waals surface area contributed by atoms with Gasteiger partial charge < -0.3 is 4.52 Å². The zero-order chi connectivity index (χ0) is 26.7. The molecule has 0 radical (unpaired) electrons. The maximum absolute atomic E-state index is 13.8. The normalized spacial score (nSPS) is 25.4. The molecule has 0 amide bonds. The molecular formula is C34H33O4P. The first-order chi connectivity index (χ1) is 18.9. The Morgan fingerprint density at radius 2 is 1.49 bits per heavy atom. The van der Waals surface area contributed by atoms with E-state index in [9.17, 15) is 9.46 Å². The standard InChI is InChI=1S/C34H33O4P/c1-21-11-3-7-15-25(21)29-19-23-13-5-9-17-27(23)31-32-28-18-10-6-14-24(28)20-30(26-16-8-4-12-22(26)2)34(32)38-39(35,36)37-33(29)31/h3-5,7-9,11-13,15-17,20,29,31,33H,6,10,14,18-19H2,1-2H3,(H,35,36)/t29?,31-,33-/m1/s1. The molecule has 0 aromatic heterocycles. The first-order valence-corrected chi connectivity index (χ1v) is 15.5. The van der Waals surface area contributed by atoms with Gasteiger partial charge in [0.1, 0.15) is 5.75 Å². The van der Waals surface area contributed by atoms with Crippen molar-refractivity contribution in [3.8, 4) is 16.9 Å². The summed E-state index contributed by atoms with van der Waals surface area (Å²) in [5.41, 5.74) is 11.4. The van der Waals surface area contributed by atoms with E-state index in [0.29, 0.717) is 5.75 Å². The van der Waals surface area contributed by atoms with E-state index in [1.54, 1.807) is 0 Å². The molecule has 4 nitrogen and oxygen atoms in total. The quantitative estimate of drug-likeness (QED) is 0.262. The molecule has 7 rings (SSSR count). The Morgan fingerprint density at radius 1 is 0.795 bits per heavy atom. The van der Waals surface area contributed by atoms with Gasteiger partial charge in [-0.1, -0.05) is 72.8 Å². The summed E-state index contributed by atoms with van der Waals surface area (Å²) in [5, 5.41) is 0. The highest BCUT2D eigenvalue weighted by molar-refractivity contribution is 7.47. The highest BCUT2D eigenvalue weighted by atomic mass is 31.2. The summed E-state index contributed by atoms with van der Waals surface area (Å²) in [6, 6.07) is 27.3. The molecule has 0 bridgehead atoms. The van der Waals surface area contributed by atoms with Crippen LogP contribution in [0.1, 0.15) is 69.2 Å². The molecule has 1 N–H and O–H groups in total. The summed E-state index contributed by atoms with van der Waals surface area (Å²) in [7, 11) is -4.43. The van der Waals surface area contributed by atoms with E-state index < -0.39 is 13.9 Å². The van der Waals surface area contributed by atoms with Crippen LogP contribution in [0.3, 0.4) is 0 Å². The van der Waals surface area contributed by atoms with Gasteiger partial charge in [0, 0.05) is 23.0 Å². The third-order valence-corrected chi connectivity index (χ3v) is 9.92. The molecule has 0 saturated heterocycles. The second-order valence-corrected chi connectivity index (χ2v) is 12.6. The monoisotopic (exact) mass is 536 g/mol. The number of aryl methyl sites for hydroxylation is 3. The summed E-state index contributed by atoms with van der Waals surface area (Å²) in [4.78, 5) is 11.3. The average molecular weight is 537 g/mol. The Labute approximate surface area is 230 Å². The van der Waals surface area contributed by atoms with Gasteiger partial charge in [-0.25, -0.2) is 4.57 Å². The van der Waals surface area contributed by atoms with Crippen molar-refractivity contribution in [2.45, 2.75) is 63.9 Å². The van der Waals surface area contributed by atoms with E-state index in [1.807, 2.05) is 18.2 Å². The lowest BCUT2D eigenvalue weighted by Gasteiger charge is -2.40. The van der Waals surface area contributed by atoms with Crippen LogP contribution in [0, 0.1) is 13.8 Å². The molecule has 2 unspecified atom stereocenters. The molecule has 0 fully saturated rings. The minimum Gasteiger partial charge on any atom is -0.403 e. The lowest BCUT2D eigenvalue weighted by Crippen LogP contribution is -2.35. The van der Waals surface area contributed by atoms with Crippen LogP contribution in [-0.4, -0.2) is 11.0 Å². The summed E-state index contributed by atoms with van der Waals surface area (Å²) >= 11 is 0. The molecule has 4 aromatic rings. The zero-order valence-corrected chi connectivity index (χ0v) is 23.3. The van der Waals surface area contributed by atoms with Crippen LogP contribution in [0.5, 0.6) is 5.75 Å². The molecular weight excluding hydrogens is 503 g/mol. The fourth-order valence-electron chi connectivity index (χ4n) is 7.24. The maximum Gasteiger partial charge on any atom is 0.527 e. The van der Waals surface area contributed by atoms with Crippen LogP contribution >= 0.6 is 7.82 Å². The van der Waals surface area contributed by atoms with E-state index in [2.05, 4.69) is 74.5 Å². The fraction of sp³-hybridized carbons (Fsp3) is 0.294. The van der Waals surface area contributed by atoms with Crippen LogP contribution < -0.4 is 4.52 Å². The SMILES string of the molecule is Cc1ccccc1-c1cc2c(c3c1OP(=O)(O)O[C@@H]1C(c4ccccc4C)Cc4ccccc4[C@H]31)CCCC2. The van der Waals surface area contributed by atoms with Gasteiger partial charge in [0.25, 0.3) is 0 Å². The summed E-state index contributed by atoms with van der Waals surface area (Å²) < 4.78 is 26.2. The predicted molar refractivity (Wildman–Crippen MR) is 154 cm³/mol. The number of hydrogen-bond donors (Lipinski definition) is 1. The summed E-state index contributed by atoms with van der Waals surface area (Å²) in [5.74, 6) is 0.222. The molecule has 4 atom stereocenters. The Bertz CT molecular complexity index is 1640. The second kappa shape index (κ2) is 9.48. The van der Waals surface area contributed by atoms with E-state index in [0.717, 1.165) is 65.5 Å². The van der Waals surface area contributed by atoms with Crippen molar-refractivity contribution in [3.05, 3.63) is 123 Å². The minimum atomic E-state index is -4.43. The van der Waals surface area contributed by atoms with Crippen molar-refractivity contribution < 1.29 is 18.5 Å². The molecule has 3 aliphatic rings. The number of rotatable bonds is 2. The molecule has 1 heterocycles. The first-order valence-electron chi connectivity index (χ1n) is 14.0. The van der Waals surface area contributed by atoms with Crippen molar-refractivity contribution in [2.24, 2.45) is 0 Å². The van der Waals surface area contributed by atoms with Gasteiger partial charge in [0.15, 0.2) is 0 Å². The Morgan fingerprint density at radius 3 is 2.28 bits per heavy atom. The Balaban J connectivity index is 1.57. The van der Waals surface area contributed by atoms with Crippen LogP contribution in [0.15, 0.2) is 78.9 Å². The molecule has 198 valence electrons. The molecule has 2 aliphatic carbocycles. The van der Waals surface area contributed by atoms with Crippen molar-refractivity contribution in [3.63, 3.8) is 0 Å². The Kier molecular flexibility index (Phi) is 6.04. The highest BCUT2D eigenvalue weighted by Crippen LogP contribution is 2.62. The minimum absolute atomic E-state index is 0.0810. The van der Waals surface area contributed by atoms with Gasteiger partial charge >= 0.3 is 7.82 Å². The molecule has 39 heavy (non-hydrogen) atoms. The molecule has 0 saturated carbocycles. The summed E-state index contributed by atoms with van der Waals surface area (Å²) in [6.07, 6.45) is 4.39. The number of phosphoric ester groups is 1. The average Bonchev–Trinajstić information content (AvgIpc) is 3.06. The Hall–Kier alpha value is -3.17. The lowest BCUT2D eigenvalue weighted by molar-refractivity contribution is 0.107. The van der Waals surface area contributed by atoms with E-state index in [-0.39, 0.29) is 11.8 Å². The van der Waals surface area contributed by atoms with Crippen LogP contribution in [0.25, 0.3) is 11.1 Å². The van der Waals surface area contributed by atoms with Crippen LogP contribution in [0.2, 0.25) is 0 Å². The van der Waals surface area contributed by atoms with E-state index in [4.69, 9.17) is 9.05 Å². The van der Waals surface area contributed by atoms with Crippen molar-refractivity contribution in [1.82, 2.24) is 0 Å². The van der Waals surface area contributed by atoms with Gasteiger partial charge in [0.2, 0.25) is 0 Å². The van der Waals surface area contributed by atoms with Gasteiger partial charge in [0.05, 0.1) is 6.10 Å². The topological polar surface area (TPSA) is 55.8 Å². The number of benzene rings is 4. The first kappa shape index (κ1) is 24.8. The van der Waals surface area contributed by atoms with Gasteiger partial charge in [-0.05, 0) is 96.5 Å². The number of hydrogen-bond acceptors (Lipinski definition) is 3. The maximum atomic E-state index is 13.8. The molecule has 4 aromatic carbocycles. The van der Waals surface area contributed by atoms with Crippen molar-refractivity contribution in [2.75, 3.05) is 0 Å². The number of fused-ring (bicyclic) bond motifs is 7. The van der Waals surface area contributed by atoms with Crippen LogP contribution in [0.4, 0.5) is 0 Å². The third-order valence-electron chi connectivity index (χ3n) is 8.99. The smallest absolute Gasteiger partial charge is 0.403 e. The van der Waals surface area contributed by atoms with Gasteiger partial charge in [-0.15, -0.1) is 0 Å². The van der Waals surface area contributed by atoms with Crippen molar-refractivity contribution in [1.29, 1.82) is 0 Å². The zero-order valence-electron chi connectivity index (χ0n) is 22.4. The van der Waals surface area contributed by atoms with Gasteiger partial charge in [-0.3, -0.25) is 9.42 Å². The second-order valence-electron chi connectivity index (χ2n) is 11.3. The summed E-state index contributed by atoms with van der Waals surface area (Å²) in [6.45, 7) is 4.20.